The van der Waals surface area contributed by atoms with Gasteiger partial charge >= 0.3 is 0 Å². The third-order valence-electron chi connectivity index (χ3n) is 4.34. The van der Waals surface area contributed by atoms with Crippen molar-refractivity contribution >= 4 is 16.9 Å². The van der Waals surface area contributed by atoms with E-state index < -0.39 is 0 Å². The Morgan fingerprint density at radius 1 is 1.00 bits per heavy atom. The minimum atomic E-state index is -0.255. The van der Waals surface area contributed by atoms with E-state index in [1.807, 2.05) is 19.1 Å². The number of hydrogen-bond acceptors (Lipinski definition) is 5. The van der Waals surface area contributed by atoms with E-state index in [1.54, 1.807) is 12.1 Å². The van der Waals surface area contributed by atoms with E-state index >= 15 is 0 Å². The summed E-state index contributed by atoms with van der Waals surface area (Å²) in [5, 5.41) is 0. The van der Waals surface area contributed by atoms with E-state index in [0.29, 0.717) is 13.2 Å². The number of aryl methyl sites for hydroxylation is 1. The van der Waals surface area contributed by atoms with Crippen molar-refractivity contribution in [3.63, 3.8) is 0 Å². The van der Waals surface area contributed by atoms with Crippen molar-refractivity contribution < 1.29 is 9.13 Å². The molecule has 25 heavy (non-hydrogen) atoms. The molecule has 6 heteroatoms. The average Bonchev–Trinajstić information content (AvgIpc) is 2.68. The molecule has 1 aliphatic heterocycles. The molecule has 0 saturated carbocycles. The van der Waals surface area contributed by atoms with Crippen molar-refractivity contribution in [2.75, 3.05) is 31.2 Å². The highest BCUT2D eigenvalue weighted by atomic mass is 19.1. The lowest BCUT2D eigenvalue weighted by atomic mass is 10.1. The van der Waals surface area contributed by atoms with Crippen LogP contribution in [0.3, 0.4) is 0 Å². The minimum Gasteiger partial charge on any atom is -0.378 e. The van der Waals surface area contributed by atoms with Crippen molar-refractivity contribution in [1.82, 2.24) is 15.0 Å². The Bertz CT molecular complexity index is 892. The molecule has 0 bridgehead atoms. The maximum absolute atomic E-state index is 13.2. The summed E-state index contributed by atoms with van der Waals surface area (Å²) in [6.07, 6.45) is 0.771. The van der Waals surface area contributed by atoms with Crippen LogP contribution in [0.5, 0.6) is 0 Å². The van der Waals surface area contributed by atoms with E-state index in [2.05, 4.69) is 9.88 Å². The van der Waals surface area contributed by atoms with Crippen LogP contribution in [0.25, 0.3) is 22.3 Å². The minimum absolute atomic E-state index is 0.255. The van der Waals surface area contributed by atoms with Crippen LogP contribution in [-0.2, 0) is 11.2 Å². The van der Waals surface area contributed by atoms with Gasteiger partial charge in [-0.3, -0.25) is 0 Å². The largest absolute Gasteiger partial charge is 0.378 e. The lowest BCUT2D eigenvalue weighted by Crippen LogP contribution is -2.37. The number of halogens is 1. The van der Waals surface area contributed by atoms with Crippen LogP contribution in [-0.4, -0.2) is 41.3 Å². The Morgan fingerprint density at radius 3 is 2.48 bits per heavy atom. The highest BCUT2D eigenvalue weighted by molar-refractivity contribution is 5.87. The topological polar surface area (TPSA) is 51.1 Å². The molecule has 0 aliphatic carbocycles. The first-order chi connectivity index (χ1) is 12.2. The van der Waals surface area contributed by atoms with Crippen molar-refractivity contribution in [3.05, 3.63) is 48.0 Å². The summed E-state index contributed by atoms with van der Waals surface area (Å²) in [5.41, 5.74) is 3.27. The number of benzene rings is 1. The fraction of sp³-hybridized carbons (Fsp3) is 0.316. The predicted octanol–water partition coefficient (Wildman–Crippen LogP) is 3.23. The molecule has 4 rings (SSSR count). The van der Waals surface area contributed by atoms with Crippen LogP contribution in [0.15, 0.2) is 36.4 Å². The van der Waals surface area contributed by atoms with Crippen LogP contribution >= 0.6 is 0 Å². The predicted molar refractivity (Wildman–Crippen MR) is 95.1 cm³/mol. The zero-order valence-electron chi connectivity index (χ0n) is 14.1. The number of fused-ring (bicyclic) bond motifs is 1. The van der Waals surface area contributed by atoms with E-state index in [4.69, 9.17) is 14.7 Å². The van der Waals surface area contributed by atoms with Gasteiger partial charge in [-0.15, -0.1) is 0 Å². The van der Waals surface area contributed by atoms with Crippen LogP contribution in [0.2, 0.25) is 0 Å². The normalized spacial score (nSPS) is 14.9. The Hall–Kier alpha value is -2.60. The van der Waals surface area contributed by atoms with E-state index in [-0.39, 0.29) is 5.82 Å². The Morgan fingerprint density at radius 2 is 1.76 bits per heavy atom. The van der Waals surface area contributed by atoms with Gasteiger partial charge in [0.15, 0.2) is 5.82 Å². The molecule has 0 N–H and O–H groups in total. The van der Waals surface area contributed by atoms with E-state index in [0.717, 1.165) is 53.4 Å². The second kappa shape index (κ2) is 6.72. The van der Waals surface area contributed by atoms with Crippen LogP contribution in [0.1, 0.15) is 12.7 Å². The maximum Gasteiger partial charge on any atom is 0.159 e. The SMILES string of the molecule is CCc1nc(N2CCOCC2)c2nc(-c3ccc(F)cc3)ccc2n1. The monoisotopic (exact) mass is 338 g/mol. The third-order valence-corrected chi connectivity index (χ3v) is 4.34. The summed E-state index contributed by atoms with van der Waals surface area (Å²) < 4.78 is 18.6. The number of anilines is 1. The Balaban J connectivity index is 1.85. The summed E-state index contributed by atoms with van der Waals surface area (Å²) in [4.78, 5) is 16.3. The van der Waals surface area contributed by atoms with Crippen LogP contribution in [0, 0.1) is 5.82 Å². The van der Waals surface area contributed by atoms with E-state index in [9.17, 15) is 4.39 Å². The fourth-order valence-electron chi connectivity index (χ4n) is 2.98. The smallest absolute Gasteiger partial charge is 0.159 e. The average molecular weight is 338 g/mol. The molecular formula is C19H19FN4O. The van der Waals surface area contributed by atoms with Crippen molar-refractivity contribution in [2.24, 2.45) is 0 Å². The molecule has 3 heterocycles. The van der Waals surface area contributed by atoms with Gasteiger partial charge in [-0.25, -0.2) is 19.3 Å². The number of morpholine rings is 1. The fourth-order valence-corrected chi connectivity index (χ4v) is 2.98. The summed E-state index contributed by atoms with van der Waals surface area (Å²) >= 11 is 0. The highest BCUT2D eigenvalue weighted by Gasteiger charge is 2.18. The molecule has 0 atom stereocenters. The molecule has 0 radical (unpaired) electrons. The summed E-state index contributed by atoms with van der Waals surface area (Å²) in [5.74, 6) is 1.41. The zero-order chi connectivity index (χ0) is 17.2. The lowest BCUT2D eigenvalue weighted by molar-refractivity contribution is 0.122. The summed E-state index contributed by atoms with van der Waals surface area (Å²) in [6, 6.07) is 10.2. The first-order valence-corrected chi connectivity index (χ1v) is 8.51. The van der Waals surface area contributed by atoms with Gasteiger partial charge in [-0.2, -0.15) is 0 Å². The molecule has 5 nitrogen and oxygen atoms in total. The lowest BCUT2D eigenvalue weighted by Gasteiger charge is -2.28. The van der Waals surface area contributed by atoms with E-state index in [1.165, 1.54) is 12.1 Å². The van der Waals surface area contributed by atoms with Crippen LogP contribution in [0.4, 0.5) is 10.2 Å². The van der Waals surface area contributed by atoms with Gasteiger partial charge < -0.3 is 9.64 Å². The second-order valence-corrected chi connectivity index (χ2v) is 5.99. The second-order valence-electron chi connectivity index (χ2n) is 5.99. The summed E-state index contributed by atoms with van der Waals surface area (Å²) in [7, 11) is 0. The van der Waals surface area contributed by atoms with Crippen LogP contribution < -0.4 is 4.90 Å². The maximum atomic E-state index is 13.2. The number of hydrogen-bond donors (Lipinski definition) is 0. The van der Waals surface area contributed by atoms with Gasteiger partial charge in [0.25, 0.3) is 0 Å². The van der Waals surface area contributed by atoms with Gasteiger partial charge in [0.1, 0.15) is 17.2 Å². The third kappa shape index (κ3) is 3.17. The molecule has 1 fully saturated rings. The Labute approximate surface area is 145 Å². The molecule has 1 aliphatic rings. The molecule has 128 valence electrons. The highest BCUT2D eigenvalue weighted by Crippen LogP contribution is 2.27. The molecule has 0 unspecified atom stereocenters. The number of nitrogens with zero attached hydrogens (tertiary/aromatic N) is 4. The molecule has 1 aromatic carbocycles. The van der Waals surface area contributed by atoms with Gasteiger partial charge in [0.2, 0.25) is 0 Å². The first-order valence-electron chi connectivity index (χ1n) is 8.51. The zero-order valence-corrected chi connectivity index (χ0v) is 14.1. The molecular weight excluding hydrogens is 319 g/mol. The molecule has 2 aromatic heterocycles. The van der Waals surface area contributed by atoms with Gasteiger partial charge in [-0.05, 0) is 36.4 Å². The van der Waals surface area contributed by atoms with Gasteiger partial charge in [0.05, 0.1) is 24.4 Å². The number of ether oxygens (including phenoxy) is 1. The first kappa shape index (κ1) is 15.9. The number of pyridine rings is 1. The van der Waals surface area contributed by atoms with Crippen molar-refractivity contribution in [2.45, 2.75) is 13.3 Å². The van der Waals surface area contributed by atoms with Crippen molar-refractivity contribution in [1.29, 1.82) is 0 Å². The molecule has 3 aromatic rings. The number of aromatic nitrogens is 3. The van der Waals surface area contributed by atoms with Crippen molar-refractivity contribution in [3.8, 4) is 11.3 Å². The summed E-state index contributed by atoms with van der Waals surface area (Å²) in [6.45, 7) is 5.00. The Kier molecular flexibility index (Phi) is 4.28. The molecule has 0 spiro atoms. The van der Waals surface area contributed by atoms with Gasteiger partial charge in [-0.1, -0.05) is 6.92 Å². The number of rotatable bonds is 3. The molecule has 0 amide bonds. The van der Waals surface area contributed by atoms with Gasteiger partial charge in [0, 0.05) is 25.1 Å². The molecule has 1 saturated heterocycles. The quantitative estimate of drug-likeness (QED) is 0.734. The standard InChI is InChI=1S/C19H19FN4O/c1-2-17-21-16-8-7-15(13-3-5-14(20)6-4-13)22-18(16)19(23-17)24-9-11-25-12-10-24/h3-8H,2,9-12H2,1H3.